The number of rotatable bonds is 7. The molecule has 1 aromatic heterocycles. The molecule has 0 bridgehead atoms. The number of hydrogen-bond donors (Lipinski definition) is 1. The van der Waals surface area contributed by atoms with Gasteiger partial charge in [0.15, 0.2) is 6.10 Å². The second-order valence-corrected chi connectivity index (χ2v) is 6.98. The lowest BCUT2D eigenvalue weighted by molar-refractivity contribution is -0.122. The molecule has 0 aliphatic rings. The number of carbonyl (C=O) groups is 1. The highest BCUT2D eigenvalue weighted by molar-refractivity contribution is 5.94. The third kappa shape index (κ3) is 4.98. The van der Waals surface area contributed by atoms with Crippen molar-refractivity contribution >= 4 is 22.6 Å². The number of fused-ring (bicyclic) bond motifs is 1. The number of para-hydroxylation sites is 2. The minimum Gasteiger partial charge on any atom is -0.494 e. The van der Waals surface area contributed by atoms with E-state index in [1.807, 2.05) is 67.6 Å². The van der Waals surface area contributed by atoms with Crippen molar-refractivity contribution in [2.45, 2.75) is 20.0 Å². The van der Waals surface area contributed by atoms with Crippen LogP contribution in [0.15, 0.2) is 79.0 Å². The van der Waals surface area contributed by atoms with Crippen LogP contribution in [0.25, 0.3) is 22.3 Å². The molecule has 1 N–H and O–H groups in total. The Kier molecular flexibility index (Phi) is 6.08. The summed E-state index contributed by atoms with van der Waals surface area (Å²) >= 11 is 0. The van der Waals surface area contributed by atoms with Crippen molar-refractivity contribution in [3.8, 4) is 22.8 Å². The van der Waals surface area contributed by atoms with E-state index in [9.17, 15) is 4.79 Å². The van der Waals surface area contributed by atoms with Crippen LogP contribution in [0.5, 0.6) is 11.5 Å². The van der Waals surface area contributed by atoms with Gasteiger partial charge in [0, 0.05) is 11.3 Å². The fraction of sp³-hybridized carbons (Fsp3) is 0.160. The van der Waals surface area contributed by atoms with E-state index >= 15 is 0 Å². The predicted octanol–water partition coefficient (Wildman–Crippen LogP) is 5.10. The van der Waals surface area contributed by atoms with E-state index < -0.39 is 6.10 Å². The molecule has 0 aliphatic carbocycles. The van der Waals surface area contributed by atoms with Crippen LogP contribution in [0, 0.1) is 0 Å². The molecule has 156 valence electrons. The van der Waals surface area contributed by atoms with Gasteiger partial charge in [-0.05, 0) is 74.5 Å². The lowest BCUT2D eigenvalue weighted by Crippen LogP contribution is -2.30. The summed E-state index contributed by atoms with van der Waals surface area (Å²) in [5, 5.41) is 2.85. The van der Waals surface area contributed by atoms with Gasteiger partial charge in [-0.15, -0.1) is 0 Å². The molecule has 0 aliphatic heterocycles. The summed E-state index contributed by atoms with van der Waals surface area (Å²) in [4.78, 5) is 21.6. The maximum atomic E-state index is 12.5. The third-order valence-corrected chi connectivity index (χ3v) is 4.71. The highest BCUT2D eigenvalue weighted by atomic mass is 16.5. The number of nitrogens with one attached hydrogen (secondary N) is 1. The van der Waals surface area contributed by atoms with E-state index in [1.54, 1.807) is 25.3 Å². The smallest absolute Gasteiger partial charge is 0.265 e. The normalized spacial score (nSPS) is 11.7. The number of ether oxygens (including phenoxy) is 2. The molecular weight excluding hydrogens is 390 g/mol. The molecule has 0 saturated carbocycles. The first kappa shape index (κ1) is 20.3. The Morgan fingerprint density at radius 3 is 2.32 bits per heavy atom. The van der Waals surface area contributed by atoms with E-state index in [-0.39, 0.29) is 5.91 Å². The number of nitrogens with zero attached hydrogens (tertiary/aromatic N) is 2. The van der Waals surface area contributed by atoms with Crippen molar-refractivity contribution < 1.29 is 14.3 Å². The standard InChI is InChI=1S/C25H23N3O3/c1-3-30-20-14-10-19(11-15-20)27-25(29)17(2)31-21-12-8-18(9-13-21)24-16-26-22-6-4-5-7-23(22)28-24/h4-17H,3H2,1-2H3,(H,27,29). The number of carbonyl (C=O) groups excluding carboxylic acids is 1. The molecule has 31 heavy (non-hydrogen) atoms. The first-order chi connectivity index (χ1) is 15.1. The van der Waals surface area contributed by atoms with Gasteiger partial charge in [-0.3, -0.25) is 9.78 Å². The number of benzene rings is 3. The van der Waals surface area contributed by atoms with E-state index in [4.69, 9.17) is 9.47 Å². The monoisotopic (exact) mass is 413 g/mol. The summed E-state index contributed by atoms with van der Waals surface area (Å²) in [5.74, 6) is 1.14. The molecule has 6 heteroatoms. The van der Waals surface area contributed by atoms with Gasteiger partial charge in [0.05, 0.1) is 29.5 Å². The average Bonchev–Trinajstić information content (AvgIpc) is 2.80. The molecule has 1 amide bonds. The Morgan fingerprint density at radius 2 is 1.61 bits per heavy atom. The number of amides is 1. The van der Waals surface area contributed by atoms with Crippen molar-refractivity contribution in [3.05, 3.63) is 79.0 Å². The minimum atomic E-state index is -0.655. The average molecular weight is 413 g/mol. The lowest BCUT2D eigenvalue weighted by Gasteiger charge is -2.15. The third-order valence-electron chi connectivity index (χ3n) is 4.71. The van der Waals surface area contributed by atoms with Gasteiger partial charge >= 0.3 is 0 Å². The van der Waals surface area contributed by atoms with Crippen LogP contribution in [0.1, 0.15) is 13.8 Å². The topological polar surface area (TPSA) is 73.3 Å². The highest BCUT2D eigenvalue weighted by Gasteiger charge is 2.15. The lowest BCUT2D eigenvalue weighted by atomic mass is 10.1. The number of anilines is 1. The SMILES string of the molecule is CCOc1ccc(NC(=O)C(C)Oc2ccc(-c3cnc4ccccc4n3)cc2)cc1. The maximum absolute atomic E-state index is 12.5. The molecule has 0 radical (unpaired) electrons. The zero-order valence-corrected chi connectivity index (χ0v) is 17.4. The van der Waals surface area contributed by atoms with Gasteiger partial charge in [-0.2, -0.15) is 0 Å². The van der Waals surface area contributed by atoms with Gasteiger partial charge in [-0.25, -0.2) is 4.98 Å². The van der Waals surface area contributed by atoms with E-state index in [1.165, 1.54) is 0 Å². The molecule has 4 rings (SSSR count). The molecule has 1 unspecified atom stereocenters. The summed E-state index contributed by atoms with van der Waals surface area (Å²) in [6, 6.07) is 22.5. The van der Waals surface area contributed by atoms with Gasteiger partial charge in [0.25, 0.3) is 5.91 Å². The Bertz CT molecular complexity index is 1170. The summed E-state index contributed by atoms with van der Waals surface area (Å²) in [5.41, 5.74) is 4.11. The summed E-state index contributed by atoms with van der Waals surface area (Å²) in [6.45, 7) is 4.24. The van der Waals surface area contributed by atoms with Crippen LogP contribution in [0.3, 0.4) is 0 Å². The van der Waals surface area contributed by atoms with Gasteiger partial charge < -0.3 is 14.8 Å². The molecule has 4 aromatic rings. The van der Waals surface area contributed by atoms with Crippen LogP contribution < -0.4 is 14.8 Å². The molecule has 3 aromatic carbocycles. The fourth-order valence-electron chi connectivity index (χ4n) is 3.10. The highest BCUT2D eigenvalue weighted by Crippen LogP contribution is 2.23. The second kappa shape index (κ2) is 9.26. The molecular formula is C25H23N3O3. The Labute approximate surface area is 180 Å². The Morgan fingerprint density at radius 1 is 0.935 bits per heavy atom. The fourth-order valence-corrected chi connectivity index (χ4v) is 3.10. The van der Waals surface area contributed by atoms with Crippen LogP contribution in [-0.4, -0.2) is 28.6 Å². The Hall–Kier alpha value is -3.93. The first-order valence-electron chi connectivity index (χ1n) is 10.1. The largest absolute Gasteiger partial charge is 0.494 e. The number of aromatic nitrogens is 2. The Balaban J connectivity index is 1.38. The molecule has 0 fully saturated rings. The van der Waals surface area contributed by atoms with Crippen molar-refractivity contribution in [1.29, 1.82) is 0 Å². The van der Waals surface area contributed by atoms with Crippen molar-refractivity contribution in [3.63, 3.8) is 0 Å². The van der Waals surface area contributed by atoms with Crippen molar-refractivity contribution in [1.82, 2.24) is 9.97 Å². The molecule has 1 heterocycles. The molecule has 0 spiro atoms. The molecule has 1 atom stereocenters. The van der Waals surface area contributed by atoms with Gasteiger partial charge in [0.2, 0.25) is 0 Å². The summed E-state index contributed by atoms with van der Waals surface area (Å²) in [6.07, 6.45) is 1.10. The van der Waals surface area contributed by atoms with Crippen molar-refractivity contribution in [2.75, 3.05) is 11.9 Å². The van der Waals surface area contributed by atoms with Crippen LogP contribution in [0.4, 0.5) is 5.69 Å². The molecule has 6 nitrogen and oxygen atoms in total. The molecule has 0 saturated heterocycles. The van der Waals surface area contributed by atoms with E-state index in [2.05, 4.69) is 15.3 Å². The van der Waals surface area contributed by atoms with Gasteiger partial charge in [0.1, 0.15) is 11.5 Å². The van der Waals surface area contributed by atoms with Crippen LogP contribution in [-0.2, 0) is 4.79 Å². The van der Waals surface area contributed by atoms with Gasteiger partial charge in [-0.1, -0.05) is 12.1 Å². The maximum Gasteiger partial charge on any atom is 0.265 e. The minimum absolute atomic E-state index is 0.228. The van der Waals surface area contributed by atoms with E-state index in [0.717, 1.165) is 28.0 Å². The number of hydrogen-bond acceptors (Lipinski definition) is 5. The second-order valence-electron chi connectivity index (χ2n) is 6.98. The summed E-state index contributed by atoms with van der Waals surface area (Å²) < 4.78 is 11.2. The van der Waals surface area contributed by atoms with E-state index in [0.29, 0.717) is 18.0 Å². The predicted molar refractivity (Wildman–Crippen MR) is 121 cm³/mol. The first-order valence-corrected chi connectivity index (χ1v) is 10.1. The quantitative estimate of drug-likeness (QED) is 0.456. The summed E-state index contributed by atoms with van der Waals surface area (Å²) in [7, 11) is 0. The van der Waals surface area contributed by atoms with Crippen LogP contribution in [0.2, 0.25) is 0 Å². The van der Waals surface area contributed by atoms with Crippen LogP contribution >= 0.6 is 0 Å². The zero-order valence-electron chi connectivity index (χ0n) is 17.4. The van der Waals surface area contributed by atoms with Crippen molar-refractivity contribution in [2.24, 2.45) is 0 Å². The zero-order chi connectivity index (χ0) is 21.6.